The first kappa shape index (κ1) is 14.8. The summed E-state index contributed by atoms with van der Waals surface area (Å²) in [7, 11) is 0. The van der Waals surface area contributed by atoms with Gasteiger partial charge in [-0.15, -0.1) is 0 Å². The molecule has 1 heterocycles. The normalized spacial score (nSPS) is 14.1. The molecule has 1 fully saturated rings. The molecule has 5 heteroatoms. The largest absolute Gasteiger partial charge is 0.491 e. The van der Waals surface area contributed by atoms with E-state index in [9.17, 15) is 4.79 Å². The lowest BCUT2D eigenvalue weighted by atomic mass is 10.3. The summed E-state index contributed by atoms with van der Waals surface area (Å²) >= 11 is 0. The maximum atomic E-state index is 11.5. The maximum Gasteiger partial charge on any atom is 0.223 e. The first-order valence-corrected chi connectivity index (χ1v) is 7.35. The second-order valence-electron chi connectivity index (χ2n) is 5.10. The molecule has 0 saturated heterocycles. The van der Waals surface area contributed by atoms with Gasteiger partial charge in [0.15, 0.2) is 0 Å². The number of pyridine rings is 1. The zero-order chi connectivity index (χ0) is 14.2. The minimum absolute atomic E-state index is 0.0702. The van der Waals surface area contributed by atoms with Crippen LogP contribution in [0.3, 0.4) is 0 Å². The van der Waals surface area contributed by atoms with Gasteiger partial charge >= 0.3 is 0 Å². The molecule has 0 bridgehead atoms. The average molecular weight is 277 g/mol. The van der Waals surface area contributed by atoms with Crippen molar-refractivity contribution < 1.29 is 9.53 Å². The van der Waals surface area contributed by atoms with Gasteiger partial charge in [0.2, 0.25) is 5.91 Å². The quantitative estimate of drug-likeness (QED) is 0.673. The van der Waals surface area contributed by atoms with Gasteiger partial charge in [0, 0.05) is 12.6 Å². The number of aromatic nitrogens is 1. The van der Waals surface area contributed by atoms with Crippen LogP contribution in [0.1, 0.15) is 38.3 Å². The molecular formula is C15H23N3O2. The molecule has 5 nitrogen and oxygen atoms in total. The highest BCUT2D eigenvalue weighted by atomic mass is 16.5. The predicted octanol–water partition coefficient (Wildman–Crippen LogP) is 1.63. The summed E-state index contributed by atoms with van der Waals surface area (Å²) in [4.78, 5) is 15.8. The number of ether oxygens (including phenoxy) is 1. The Bertz CT molecular complexity index is 416. The lowest BCUT2D eigenvalue weighted by Crippen LogP contribution is -2.26. The molecule has 1 saturated carbocycles. The minimum Gasteiger partial charge on any atom is -0.491 e. The van der Waals surface area contributed by atoms with Gasteiger partial charge in [0.05, 0.1) is 24.9 Å². The van der Waals surface area contributed by atoms with E-state index in [0.29, 0.717) is 24.8 Å². The molecule has 2 N–H and O–H groups in total. The van der Waals surface area contributed by atoms with Crippen LogP contribution in [0.25, 0.3) is 0 Å². The van der Waals surface area contributed by atoms with E-state index in [2.05, 4.69) is 22.5 Å². The van der Waals surface area contributed by atoms with Crippen LogP contribution in [0.2, 0.25) is 0 Å². The standard InChI is InChI=1S/C15H23N3O2/c1-2-8-16-10-13-5-6-14(11-17-13)20-9-7-15(19)18-12-3-4-12/h5-6,11-12,16H,2-4,7-10H2,1H3,(H,18,19). The van der Waals surface area contributed by atoms with Crippen molar-refractivity contribution in [2.24, 2.45) is 0 Å². The Morgan fingerprint density at radius 1 is 1.45 bits per heavy atom. The van der Waals surface area contributed by atoms with Crippen molar-refractivity contribution in [3.63, 3.8) is 0 Å². The summed E-state index contributed by atoms with van der Waals surface area (Å²) in [5.41, 5.74) is 0.997. The fourth-order valence-corrected chi connectivity index (χ4v) is 1.78. The molecule has 0 radical (unpaired) electrons. The van der Waals surface area contributed by atoms with Crippen LogP contribution in [0.5, 0.6) is 5.75 Å². The number of carbonyl (C=O) groups is 1. The summed E-state index contributed by atoms with van der Waals surface area (Å²) in [6.45, 7) is 4.30. The summed E-state index contributed by atoms with van der Waals surface area (Å²) in [5.74, 6) is 0.782. The number of nitrogens with zero attached hydrogens (tertiary/aromatic N) is 1. The van der Waals surface area contributed by atoms with E-state index in [0.717, 1.165) is 38.0 Å². The van der Waals surface area contributed by atoms with Gasteiger partial charge in [-0.05, 0) is 37.9 Å². The van der Waals surface area contributed by atoms with Crippen molar-refractivity contribution in [1.82, 2.24) is 15.6 Å². The Morgan fingerprint density at radius 2 is 2.30 bits per heavy atom. The van der Waals surface area contributed by atoms with Crippen LogP contribution in [0.15, 0.2) is 18.3 Å². The minimum atomic E-state index is 0.0702. The molecule has 0 atom stereocenters. The Labute approximate surface area is 120 Å². The van der Waals surface area contributed by atoms with Crippen molar-refractivity contribution in [2.75, 3.05) is 13.2 Å². The smallest absolute Gasteiger partial charge is 0.223 e. The van der Waals surface area contributed by atoms with Crippen LogP contribution in [0.4, 0.5) is 0 Å². The first-order chi connectivity index (χ1) is 9.78. The van der Waals surface area contributed by atoms with Crippen molar-refractivity contribution >= 4 is 5.91 Å². The summed E-state index contributed by atoms with van der Waals surface area (Å²) in [5, 5.41) is 6.23. The van der Waals surface area contributed by atoms with E-state index in [1.807, 2.05) is 12.1 Å². The second kappa shape index (κ2) is 7.85. The Morgan fingerprint density at radius 3 is 2.95 bits per heavy atom. The molecule has 2 rings (SSSR count). The number of hydrogen-bond donors (Lipinski definition) is 2. The highest BCUT2D eigenvalue weighted by molar-refractivity contribution is 5.76. The van der Waals surface area contributed by atoms with Crippen LogP contribution in [-0.4, -0.2) is 30.1 Å². The van der Waals surface area contributed by atoms with Gasteiger partial charge in [0.1, 0.15) is 5.75 Å². The molecule has 1 aromatic rings. The third-order valence-electron chi connectivity index (χ3n) is 3.07. The second-order valence-corrected chi connectivity index (χ2v) is 5.10. The topological polar surface area (TPSA) is 63.2 Å². The predicted molar refractivity (Wildman–Crippen MR) is 77.5 cm³/mol. The number of rotatable bonds is 9. The van der Waals surface area contributed by atoms with E-state index < -0.39 is 0 Å². The van der Waals surface area contributed by atoms with E-state index >= 15 is 0 Å². The molecule has 1 aromatic heterocycles. The van der Waals surface area contributed by atoms with Crippen LogP contribution in [-0.2, 0) is 11.3 Å². The van der Waals surface area contributed by atoms with E-state index in [-0.39, 0.29) is 5.91 Å². The van der Waals surface area contributed by atoms with Crippen LogP contribution in [0, 0.1) is 0 Å². The maximum absolute atomic E-state index is 11.5. The fourth-order valence-electron chi connectivity index (χ4n) is 1.78. The number of hydrogen-bond acceptors (Lipinski definition) is 4. The Balaban J connectivity index is 1.63. The number of carbonyl (C=O) groups excluding carboxylic acids is 1. The number of nitrogens with one attached hydrogen (secondary N) is 2. The molecule has 20 heavy (non-hydrogen) atoms. The summed E-state index contributed by atoms with van der Waals surface area (Å²) < 4.78 is 5.52. The van der Waals surface area contributed by atoms with Gasteiger partial charge in [-0.2, -0.15) is 0 Å². The highest BCUT2D eigenvalue weighted by Crippen LogP contribution is 2.18. The molecule has 1 aliphatic rings. The number of amides is 1. The molecule has 0 spiro atoms. The van der Waals surface area contributed by atoms with Crippen LogP contribution >= 0.6 is 0 Å². The SMILES string of the molecule is CCCNCc1ccc(OCCC(=O)NC2CC2)cn1. The van der Waals surface area contributed by atoms with Gasteiger partial charge in [0.25, 0.3) is 0 Å². The van der Waals surface area contributed by atoms with Crippen molar-refractivity contribution in [3.05, 3.63) is 24.0 Å². The Kier molecular flexibility index (Phi) is 5.80. The molecule has 0 aliphatic heterocycles. The van der Waals surface area contributed by atoms with Gasteiger partial charge in [-0.25, -0.2) is 0 Å². The molecule has 0 aromatic carbocycles. The highest BCUT2D eigenvalue weighted by Gasteiger charge is 2.22. The molecule has 1 amide bonds. The summed E-state index contributed by atoms with van der Waals surface area (Å²) in [6.07, 6.45) is 5.45. The molecule has 0 unspecified atom stereocenters. The zero-order valence-corrected chi connectivity index (χ0v) is 12.0. The average Bonchev–Trinajstić information content (AvgIpc) is 3.25. The van der Waals surface area contributed by atoms with Gasteiger partial charge in [-0.1, -0.05) is 6.92 Å². The monoisotopic (exact) mass is 277 g/mol. The van der Waals surface area contributed by atoms with Crippen molar-refractivity contribution in [1.29, 1.82) is 0 Å². The molecule has 110 valence electrons. The van der Waals surface area contributed by atoms with Crippen LogP contribution < -0.4 is 15.4 Å². The molecule has 1 aliphatic carbocycles. The first-order valence-electron chi connectivity index (χ1n) is 7.35. The summed E-state index contributed by atoms with van der Waals surface area (Å²) in [6, 6.07) is 4.26. The van der Waals surface area contributed by atoms with E-state index in [1.54, 1.807) is 6.20 Å². The van der Waals surface area contributed by atoms with E-state index in [4.69, 9.17) is 4.74 Å². The van der Waals surface area contributed by atoms with Gasteiger partial charge < -0.3 is 15.4 Å². The lowest BCUT2D eigenvalue weighted by Gasteiger charge is -2.07. The fraction of sp³-hybridized carbons (Fsp3) is 0.600. The Hall–Kier alpha value is -1.62. The third kappa shape index (κ3) is 5.57. The zero-order valence-electron chi connectivity index (χ0n) is 12.0. The van der Waals surface area contributed by atoms with Crippen molar-refractivity contribution in [3.8, 4) is 5.75 Å². The van der Waals surface area contributed by atoms with Gasteiger partial charge in [-0.3, -0.25) is 9.78 Å². The third-order valence-corrected chi connectivity index (χ3v) is 3.07. The van der Waals surface area contributed by atoms with E-state index in [1.165, 1.54) is 0 Å². The van der Waals surface area contributed by atoms with Crippen molar-refractivity contribution in [2.45, 2.75) is 45.2 Å². The molecular weight excluding hydrogens is 254 g/mol. The lowest BCUT2D eigenvalue weighted by molar-refractivity contribution is -0.121.